The number of benzene rings is 1. The normalized spacial score (nSPS) is 27.6. The average molecular weight is 290 g/mol. The summed E-state index contributed by atoms with van der Waals surface area (Å²) in [4.78, 5) is 12.2. The first-order valence-electron chi connectivity index (χ1n) is 7.64. The van der Waals surface area contributed by atoms with Gasteiger partial charge in [-0.2, -0.15) is 0 Å². The van der Waals surface area contributed by atoms with Crippen LogP contribution in [0.1, 0.15) is 24.8 Å². The molecule has 0 aromatic heterocycles. The molecule has 0 radical (unpaired) electrons. The first-order chi connectivity index (χ1) is 10.3. The lowest BCUT2D eigenvalue weighted by molar-refractivity contribution is -0.120. The van der Waals surface area contributed by atoms with Gasteiger partial charge in [-0.15, -0.1) is 0 Å². The van der Waals surface area contributed by atoms with Gasteiger partial charge in [0.2, 0.25) is 0 Å². The summed E-state index contributed by atoms with van der Waals surface area (Å²) in [5.74, 6) is 1.95. The van der Waals surface area contributed by atoms with E-state index in [9.17, 15) is 4.79 Å². The number of hydrogen-bond donors (Lipinski definition) is 0. The van der Waals surface area contributed by atoms with Gasteiger partial charge in [-0.1, -0.05) is 12.1 Å². The molecule has 0 N–H and O–H groups in total. The molecule has 0 bridgehead atoms. The van der Waals surface area contributed by atoms with Crippen molar-refractivity contribution >= 4 is 5.78 Å². The largest absolute Gasteiger partial charge is 0.497 e. The summed E-state index contributed by atoms with van der Waals surface area (Å²) in [6, 6.07) is 7.91. The zero-order valence-electron chi connectivity index (χ0n) is 12.4. The summed E-state index contributed by atoms with van der Waals surface area (Å²) in [6.07, 6.45) is 2.99. The fourth-order valence-corrected chi connectivity index (χ4v) is 3.23. The molecule has 1 aromatic carbocycles. The highest BCUT2D eigenvalue weighted by atomic mass is 16.7. The number of Topliss-reactive ketones (excluding diaryl/α,β-unsaturated/α-hetero) is 1. The molecule has 2 fully saturated rings. The Balaban J connectivity index is 1.45. The van der Waals surface area contributed by atoms with Crippen molar-refractivity contribution < 1.29 is 19.0 Å². The van der Waals surface area contributed by atoms with Crippen molar-refractivity contribution in [3.8, 4) is 5.75 Å². The number of aryl methyl sites for hydroxylation is 1. The number of carbonyl (C=O) groups is 1. The van der Waals surface area contributed by atoms with Gasteiger partial charge in [0.15, 0.2) is 6.29 Å². The van der Waals surface area contributed by atoms with Crippen LogP contribution in [0.25, 0.3) is 0 Å². The minimum atomic E-state index is -0.0515. The smallest absolute Gasteiger partial charge is 0.160 e. The summed E-state index contributed by atoms with van der Waals surface area (Å²) in [7, 11) is 1.65. The van der Waals surface area contributed by atoms with Gasteiger partial charge in [0.1, 0.15) is 11.5 Å². The number of ether oxygens (including phenoxy) is 3. The van der Waals surface area contributed by atoms with Crippen LogP contribution in [0.2, 0.25) is 0 Å². The number of ketones is 1. The number of rotatable bonds is 6. The van der Waals surface area contributed by atoms with Crippen LogP contribution in [0.5, 0.6) is 5.75 Å². The predicted molar refractivity (Wildman–Crippen MR) is 78.2 cm³/mol. The molecule has 2 aliphatic heterocycles. The first kappa shape index (κ1) is 14.5. The molecule has 2 aliphatic rings. The molecule has 4 nitrogen and oxygen atoms in total. The van der Waals surface area contributed by atoms with Crippen LogP contribution in [0.15, 0.2) is 24.3 Å². The van der Waals surface area contributed by atoms with Crippen LogP contribution < -0.4 is 4.74 Å². The fraction of sp³-hybridized carbons (Fsp3) is 0.588. The standard InChI is InChI=1S/C17H22O4/c1-19-15-6-3-12(4-7-15)2-5-14(18)10-13-11-21-17-16(13)8-9-20-17/h3-4,6-7,13,16-17H,2,5,8-11H2,1H3/t13-,16-,17+/m0/s1. The predicted octanol–water partition coefficient (Wildman–Crippen LogP) is 2.60. The number of fused-ring (bicyclic) bond motifs is 1. The Labute approximate surface area is 125 Å². The third-order valence-electron chi connectivity index (χ3n) is 4.50. The van der Waals surface area contributed by atoms with Crippen molar-refractivity contribution in [2.45, 2.75) is 32.0 Å². The molecule has 4 heteroatoms. The van der Waals surface area contributed by atoms with E-state index in [1.807, 2.05) is 24.3 Å². The maximum Gasteiger partial charge on any atom is 0.160 e. The third kappa shape index (κ3) is 3.44. The number of methoxy groups -OCH3 is 1. The first-order valence-corrected chi connectivity index (χ1v) is 7.64. The van der Waals surface area contributed by atoms with Crippen LogP contribution in [0, 0.1) is 11.8 Å². The Morgan fingerprint density at radius 2 is 2.10 bits per heavy atom. The van der Waals surface area contributed by atoms with E-state index in [4.69, 9.17) is 14.2 Å². The highest BCUT2D eigenvalue weighted by molar-refractivity contribution is 5.79. The summed E-state index contributed by atoms with van der Waals surface area (Å²) in [5, 5.41) is 0. The fourth-order valence-electron chi connectivity index (χ4n) is 3.23. The van der Waals surface area contributed by atoms with E-state index in [-0.39, 0.29) is 6.29 Å². The minimum absolute atomic E-state index is 0.0515. The van der Waals surface area contributed by atoms with Crippen LogP contribution in [0.4, 0.5) is 0 Å². The maximum absolute atomic E-state index is 12.2. The Kier molecular flexibility index (Phi) is 4.56. The van der Waals surface area contributed by atoms with E-state index >= 15 is 0 Å². The Bertz CT molecular complexity index is 482. The van der Waals surface area contributed by atoms with Gasteiger partial charge in [0.25, 0.3) is 0 Å². The molecule has 2 heterocycles. The Morgan fingerprint density at radius 3 is 2.86 bits per heavy atom. The van der Waals surface area contributed by atoms with Crippen molar-refractivity contribution in [1.82, 2.24) is 0 Å². The highest BCUT2D eigenvalue weighted by Crippen LogP contribution is 2.37. The topological polar surface area (TPSA) is 44.8 Å². The van der Waals surface area contributed by atoms with Gasteiger partial charge < -0.3 is 14.2 Å². The van der Waals surface area contributed by atoms with E-state index < -0.39 is 0 Å². The van der Waals surface area contributed by atoms with Crippen molar-refractivity contribution in [2.75, 3.05) is 20.3 Å². The van der Waals surface area contributed by atoms with Crippen LogP contribution in [-0.4, -0.2) is 32.4 Å². The lowest BCUT2D eigenvalue weighted by atomic mass is 9.88. The van der Waals surface area contributed by atoms with Gasteiger partial charge >= 0.3 is 0 Å². The lowest BCUT2D eigenvalue weighted by Gasteiger charge is -2.13. The van der Waals surface area contributed by atoms with Gasteiger partial charge in [0, 0.05) is 18.8 Å². The number of hydrogen-bond acceptors (Lipinski definition) is 4. The SMILES string of the molecule is COc1ccc(CCC(=O)C[C@H]2CO[C@H]3OCC[C@@H]23)cc1. The molecule has 0 aliphatic carbocycles. The quantitative estimate of drug-likeness (QED) is 0.808. The summed E-state index contributed by atoms with van der Waals surface area (Å²) < 4.78 is 16.2. The van der Waals surface area contributed by atoms with Gasteiger partial charge in [-0.25, -0.2) is 0 Å². The zero-order valence-corrected chi connectivity index (χ0v) is 12.4. The van der Waals surface area contributed by atoms with E-state index in [1.54, 1.807) is 7.11 Å². The molecule has 0 spiro atoms. The Morgan fingerprint density at radius 1 is 1.29 bits per heavy atom. The molecule has 0 saturated carbocycles. The van der Waals surface area contributed by atoms with Crippen LogP contribution in [0.3, 0.4) is 0 Å². The second-order valence-corrected chi connectivity index (χ2v) is 5.88. The molecule has 114 valence electrons. The average Bonchev–Trinajstić information content (AvgIpc) is 3.11. The van der Waals surface area contributed by atoms with Crippen molar-refractivity contribution in [3.63, 3.8) is 0 Å². The molecule has 2 saturated heterocycles. The van der Waals surface area contributed by atoms with Gasteiger partial charge in [-0.05, 0) is 36.5 Å². The second kappa shape index (κ2) is 6.58. The van der Waals surface area contributed by atoms with E-state index in [2.05, 4.69) is 0 Å². The lowest BCUT2D eigenvalue weighted by Crippen LogP contribution is -2.18. The number of carbonyl (C=O) groups excluding carboxylic acids is 1. The zero-order chi connectivity index (χ0) is 14.7. The van der Waals surface area contributed by atoms with Crippen molar-refractivity contribution in [2.24, 2.45) is 11.8 Å². The van der Waals surface area contributed by atoms with E-state index in [0.29, 0.717) is 37.1 Å². The van der Waals surface area contributed by atoms with Crippen LogP contribution >= 0.6 is 0 Å². The minimum Gasteiger partial charge on any atom is -0.497 e. The van der Waals surface area contributed by atoms with Crippen LogP contribution in [-0.2, 0) is 20.7 Å². The maximum atomic E-state index is 12.2. The molecule has 3 atom stereocenters. The summed E-state index contributed by atoms with van der Waals surface area (Å²) >= 11 is 0. The molecule has 21 heavy (non-hydrogen) atoms. The third-order valence-corrected chi connectivity index (χ3v) is 4.50. The van der Waals surface area contributed by atoms with Crippen molar-refractivity contribution in [3.05, 3.63) is 29.8 Å². The molecule has 1 aromatic rings. The molecule has 0 amide bonds. The molecular weight excluding hydrogens is 268 g/mol. The Hall–Kier alpha value is -1.39. The summed E-state index contributed by atoms with van der Waals surface area (Å²) in [5.41, 5.74) is 1.17. The monoisotopic (exact) mass is 290 g/mol. The van der Waals surface area contributed by atoms with Crippen molar-refractivity contribution in [1.29, 1.82) is 0 Å². The molecule has 0 unspecified atom stereocenters. The molecular formula is C17H22O4. The van der Waals surface area contributed by atoms with Gasteiger partial charge in [0.05, 0.1) is 20.3 Å². The second-order valence-electron chi connectivity index (χ2n) is 5.88. The van der Waals surface area contributed by atoms with E-state index in [1.165, 1.54) is 5.56 Å². The highest BCUT2D eigenvalue weighted by Gasteiger charge is 2.41. The van der Waals surface area contributed by atoms with E-state index in [0.717, 1.165) is 25.2 Å². The van der Waals surface area contributed by atoms with Gasteiger partial charge in [-0.3, -0.25) is 4.79 Å². The molecule has 3 rings (SSSR count). The summed E-state index contributed by atoms with van der Waals surface area (Å²) in [6.45, 7) is 1.44.